The van der Waals surface area contributed by atoms with Crippen LogP contribution in [0.5, 0.6) is 0 Å². The molecule has 37 heavy (non-hydrogen) atoms. The Balaban J connectivity index is 1.65. The Bertz CT molecular complexity index is 851. The second kappa shape index (κ2) is 15.4. The summed E-state index contributed by atoms with van der Waals surface area (Å²) in [4.78, 5) is 26.8. The molecule has 0 aromatic heterocycles. The minimum atomic E-state index is -0.489. The summed E-state index contributed by atoms with van der Waals surface area (Å²) < 4.78 is 10.9. The number of carbonyl (C=O) groups is 2. The van der Waals surface area contributed by atoms with Crippen LogP contribution in [-0.4, -0.2) is 62.5 Å². The van der Waals surface area contributed by atoms with Crippen LogP contribution in [0, 0.1) is 11.8 Å². The molecule has 1 aliphatic carbocycles. The number of hydrogen-bond acceptors (Lipinski definition) is 5. The quantitative estimate of drug-likeness (QED) is 0.335. The highest BCUT2D eigenvalue weighted by atomic mass is 35.5. The van der Waals surface area contributed by atoms with Crippen molar-refractivity contribution in [2.45, 2.75) is 82.9 Å². The van der Waals surface area contributed by atoms with Crippen LogP contribution in [0.4, 0.5) is 9.59 Å². The van der Waals surface area contributed by atoms with Gasteiger partial charge in [-0.05, 0) is 49.3 Å². The van der Waals surface area contributed by atoms with Crippen LogP contribution >= 0.6 is 11.6 Å². The number of alkyl carbamates (subject to hydrolysis) is 1. The molecule has 4 N–H and O–H groups in total. The normalized spacial score (nSPS) is 21.1. The summed E-state index contributed by atoms with van der Waals surface area (Å²) in [5.74, 6) is 0.748. The number of rotatable bonds is 11. The van der Waals surface area contributed by atoms with Crippen LogP contribution in [0.1, 0.15) is 76.4 Å². The summed E-state index contributed by atoms with van der Waals surface area (Å²) in [6, 6.07) is 7.58. The van der Waals surface area contributed by atoms with Gasteiger partial charge in [0, 0.05) is 42.7 Å². The van der Waals surface area contributed by atoms with Gasteiger partial charge in [0.15, 0.2) is 0 Å². The summed E-state index contributed by atoms with van der Waals surface area (Å²) in [5, 5.41) is 6.60. The molecule has 0 bridgehead atoms. The second-order valence-corrected chi connectivity index (χ2v) is 10.9. The van der Waals surface area contributed by atoms with Gasteiger partial charge >= 0.3 is 12.1 Å². The van der Waals surface area contributed by atoms with Gasteiger partial charge < -0.3 is 30.7 Å². The summed E-state index contributed by atoms with van der Waals surface area (Å²) in [6.45, 7) is 4.04. The maximum atomic E-state index is 13.4. The van der Waals surface area contributed by atoms with Crippen molar-refractivity contribution in [3.63, 3.8) is 0 Å². The molecule has 1 saturated carbocycles. The summed E-state index contributed by atoms with van der Waals surface area (Å²) >= 11 is 6.29. The van der Waals surface area contributed by atoms with E-state index < -0.39 is 6.09 Å². The number of piperidine rings is 1. The molecule has 1 aromatic carbocycles. The highest BCUT2D eigenvalue weighted by Crippen LogP contribution is 2.34. The molecule has 8 nitrogen and oxygen atoms in total. The van der Waals surface area contributed by atoms with Crippen molar-refractivity contribution in [2.24, 2.45) is 17.6 Å². The molecule has 0 spiro atoms. The summed E-state index contributed by atoms with van der Waals surface area (Å²) in [6.07, 6.45) is 9.23. The first-order valence-electron chi connectivity index (χ1n) is 13.9. The second-order valence-electron chi connectivity index (χ2n) is 10.5. The first kappa shape index (κ1) is 29.5. The lowest BCUT2D eigenvalue weighted by atomic mass is 9.83. The van der Waals surface area contributed by atoms with E-state index in [4.69, 9.17) is 22.1 Å². The zero-order valence-corrected chi connectivity index (χ0v) is 23.2. The average Bonchev–Trinajstić information content (AvgIpc) is 2.92. The third-order valence-electron chi connectivity index (χ3n) is 7.81. The van der Waals surface area contributed by atoms with Gasteiger partial charge in [0.25, 0.3) is 0 Å². The molecule has 1 saturated heterocycles. The number of urea groups is 1. The highest BCUT2D eigenvalue weighted by molar-refractivity contribution is 6.30. The highest BCUT2D eigenvalue weighted by Gasteiger charge is 2.33. The minimum Gasteiger partial charge on any atom is -0.453 e. The van der Waals surface area contributed by atoms with Crippen LogP contribution in [0.25, 0.3) is 0 Å². The molecule has 1 aromatic rings. The molecule has 208 valence electrons. The largest absolute Gasteiger partial charge is 0.453 e. The fraction of sp³-hybridized carbons (Fsp3) is 0.714. The Kier molecular flexibility index (Phi) is 12.3. The fourth-order valence-electron chi connectivity index (χ4n) is 5.70. The van der Waals surface area contributed by atoms with E-state index in [0.717, 1.165) is 31.2 Å². The number of halogens is 1. The van der Waals surface area contributed by atoms with Crippen molar-refractivity contribution in [3.05, 3.63) is 34.9 Å². The van der Waals surface area contributed by atoms with Gasteiger partial charge in [-0.1, -0.05) is 62.8 Å². The summed E-state index contributed by atoms with van der Waals surface area (Å²) in [7, 11) is 1.33. The van der Waals surface area contributed by atoms with Crippen molar-refractivity contribution in [3.8, 4) is 0 Å². The van der Waals surface area contributed by atoms with E-state index in [0.29, 0.717) is 37.2 Å². The molecule has 2 unspecified atom stereocenters. The molecule has 9 heteroatoms. The van der Waals surface area contributed by atoms with E-state index in [-0.39, 0.29) is 30.1 Å². The van der Waals surface area contributed by atoms with Crippen molar-refractivity contribution >= 4 is 23.7 Å². The van der Waals surface area contributed by atoms with Crippen molar-refractivity contribution in [1.82, 2.24) is 15.5 Å². The average molecular weight is 537 g/mol. The zero-order valence-electron chi connectivity index (χ0n) is 22.4. The number of nitrogens with two attached hydrogens (primary N) is 1. The van der Waals surface area contributed by atoms with Gasteiger partial charge in [-0.15, -0.1) is 0 Å². The van der Waals surface area contributed by atoms with Crippen LogP contribution in [0.15, 0.2) is 24.3 Å². The standard InChI is InChI=1S/C28H45ClN4O4/c1-3-24(30)25(17-20-9-5-4-6-10-20)32-27(34)33-15-8-12-22(19-33)26(21-11-7-13-23(29)18-21)37-16-14-31-28(35)36-2/h7,11,13,18,20,22,24-26H,3-6,8-10,12,14-17,19,30H2,1-2H3,(H,31,35)(H,32,34)/t22-,24?,25?,26+/m1/s1. The zero-order chi connectivity index (χ0) is 26.6. The van der Waals surface area contributed by atoms with E-state index in [2.05, 4.69) is 22.3 Å². The molecule has 2 fully saturated rings. The smallest absolute Gasteiger partial charge is 0.406 e. The molecule has 1 heterocycles. The number of hydrogen-bond donors (Lipinski definition) is 3. The number of nitrogens with zero attached hydrogens (tertiary/aromatic N) is 1. The third kappa shape index (κ3) is 9.34. The lowest BCUT2D eigenvalue weighted by molar-refractivity contribution is -0.00870. The van der Waals surface area contributed by atoms with Gasteiger partial charge in [-0.25, -0.2) is 9.59 Å². The Labute approximate surface area is 227 Å². The number of ether oxygens (including phenoxy) is 2. The number of likely N-dealkylation sites (tertiary alicyclic amines) is 1. The Morgan fingerprint density at radius 3 is 2.68 bits per heavy atom. The number of nitrogens with one attached hydrogen (secondary N) is 2. The van der Waals surface area contributed by atoms with Crippen LogP contribution in [0.3, 0.4) is 0 Å². The van der Waals surface area contributed by atoms with E-state index in [1.54, 1.807) is 0 Å². The summed E-state index contributed by atoms with van der Waals surface area (Å²) in [5.41, 5.74) is 7.45. The third-order valence-corrected chi connectivity index (χ3v) is 8.05. The lowest BCUT2D eigenvalue weighted by Crippen LogP contribution is -2.54. The van der Waals surface area contributed by atoms with Crippen LogP contribution in [0.2, 0.25) is 5.02 Å². The first-order valence-corrected chi connectivity index (χ1v) is 14.3. The minimum absolute atomic E-state index is 0.00894. The molecule has 3 amide bonds. The van der Waals surface area contributed by atoms with Crippen molar-refractivity contribution in [1.29, 1.82) is 0 Å². The van der Waals surface area contributed by atoms with Gasteiger partial charge in [0.1, 0.15) is 0 Å². The van der Waals surface area contributed by atoms with Gasteiger partial charge in [0.2, 0.25) is 0 Å². The Morgan fingerprint density at radius 1 is 1.19 bits per heavy atom. The predicted molar refractivity (Wildman–Crippen MR) is 147 cm³/mol. The maximum Gasteiger partial charge on any atom is 0.406 e. The van der Waals surface area contributed by atoms with E-state index >= 15 is 0 Å². The molecule has 4 atom stereocenters. The van der Waals surface area contributed by atoms with Crippen molar-refractivity contribution < 1.29 is 19.1 Å². The van der Waals surface area contributed by atoms with E-state index in [1.807, 2.05) is 29.2 Å². The fourth-order valence-corrected chi connectivity index (χ4v) is 5.90. The first-order chi connectivity index (χ1) is 17.9. The molecule has 0 radical (unpaired) electrons. The SMILES string of the molecule is CCC(N)C(CC1CCCCC1)NC(=O)N1CCC[C@@H]([C@@H](OCCNC(=O)OC)c2cccc(Cl)c2)C1. The molecule has 3 rings (SSSR count). The number of amides is 3. The monoisotopic (exact) mass is 536 g/mol. The number of methoxy groups -OCH3 is 1. The Morgan fingerprint density at radius 2 is 1.97 bits per heavy atom. The van der Waals surface area contributed by atoms with Crippen LogP contribution in [-0.2, 0) is 9.47 Å². The lowest BCUT2D eigenvalue weighted by Gasteiger charge is -2.38. The van der Waals surface area contributed by atoms with Gasteiger partial charge in [0.05, 0.1) is 19.8 Å². The molecular weight excluding hydrogens is 492 g/mol. The topological polar surface area (TPSA) is 106 Å². The van der Waals surface area contributed by atoms with E-state index in [1.165, 1.54) is 39.2 Å². The molecule has 2 aliphatic rings. The molecule has 1 aliphatic heterocycles. The number of carbonyl (C=O) groups excluding carboxylic acids is 2. The van der Waals surface area contributed by atoms with Crippen LogP contribution < -0.4 is 16.4 Å². The van der Waals surface area contributed by atoms with E-state index in [9.17, 15) is 9.59 Å². The maximum absolute atomic E-state index is 13.4. The van der Waals surface area contributed by atoms with Gasteiger partial charge in [-0.2, -0.15) is 0 Å². The number of benzene rings is 1. The van der Waals surface area contributed by atoms with Crippen molar-refractivity contribution in [2.75, 3.05) is 33.4 Å². The predicted octanol–water partition coefficient (Wildman–Crippen LogP) is 5.25. The Hall–Kier alpha value is -2.03. The molecular formula is C28H45ClN4O4. The van der Waals surface area contributed by atoms with Gasteiger partial charge in [-0.3, -0.25) is 0 Å².